The molecule has 2 N–H and O–H groups in total. The maximum atomic E-state index is 14.1. The molecular formula is C23H23FN6S. The number of allylic oxidation sites excluding steroid dienone is 1. The molecule has 1 unspecified atom stereocenters. The molecule has 0 saturated carbocycles. The van der Waals surface area contributed by atoms with Crippen LogP contribution >= 0.6 is 11.3 Å². The highest BCUT2D eigenvalue weighted by Gasteiger charge is 2.29. The van der Waals surface area contributed by atoms with E-state index in [1.165, 1.54) is 17.4 Å². The lowest BCUT2D eigenvalue weighted by Gasteiger charge is -2.27. The zero-order valence-electron chi connectivity index (χ0n) is 17.4. The Kier molecular flexibility index (Phi) is 4.94. The second-order valence-electron chi connectivity index (χ2n) is 7.73. The topological polar surface area (TPSA) is 72.3 Å². The molecule has 8 heteroatoms. The van der Waals surface area contributed by atoms with E-state index in [-0.39, 0.29) is 11.9 Å². The first-order valence-corrected chi connectivity index (χ1v) is 11.2. The number of thiazole rings is 1. The smallest absolute Gasteiger partial charge is 0.169 e. The number of aryl methyl sites for hydroxylation is 1. The van der Waals surface area contributed by atoms with E-state index in [0.717, 1.165) is 52.6 Å². The number of hydrogen-bond acceptors (Lipinski definition) is 6. The van der Waals surface area contributed by atoms with Gasteiger partial charge in [0.1, 0.15) is 16.6 Å². The number of benzene rings is 1. The Balaban J connectivity index is 1.60. The van der Waals surface area contributed by atoms with Gasteiger partial charge in [-0.05, 0) is 56.0 Å². The van der Waals surface area contributed by atoms with E-state index in [4.69, 9.17) is 10.7 Å². The van der Waals surface area contributed by atoms with Crippen LogP contribution in [0.5, 0.6) is 0 Å². The van der Waals surface area contributed by atoms with Crippen LogP contribution < -0.4 is 10.6 Å². The average molecular weight is 435 g/mol. The zero-order chi connectivity index (χ0) is 21.5. The van der Waals surface area contributed by atoms with Crippen molar-refractivity contribution >= 4 is 34.7 Å². The fourth-order valence-electron chi connectivity index (χ4n) is 4.30. The van der Waals surface area contributed by atoms with Gasteiger partial charge in [-0.1, -0.05) is 18.2 Å². The molecule has 4 aromatic rings. The van der Waals surface area contributed by atoms with Gasteiger partial charge in [0, 0.05) is 23.8 Å². The highest BCUT2D eigenvalue weighted by Crippen LogP contribution is 2.39. The van der Waals surface area contributed by atoms with Crippen molar-refractivity contribution in [1.82, 2.24) is 19.6 Å². The molecule has 0 spiro atoms. The lowest BCUT2D eigenvalue weighted by atomic mass is 9.97. The van der Waals surface area contributed by atoms with Crippen LogP contribution in [-0.4, -0.2) is 26.1 Å². The minimum Gasteiger partial charge on any atom is -0.382 e. The molecule has 31 heavy (non-hydrogen) atoms. The van der Waals surface area contributed by atoms with Crippen LogP contribution in [0.4, 0.5) is 16.0 Å². The molecule has 0 aliphatic carbocycles. The number of nitrogens with two attached hydrogens (primary N) is 1. The highest BCUT2D eigenvalue weighted by atomic mass is 32.1. The Morgan fingerprint density at radius 3 is 2.90 bits per heavy atom. The van der Waals surface area contributed by atoms with Gasteiger partial charge in [0.2, 0.25) is 0 Å². The largest absolute Gasteiger partial charge is 0.382 e. The van der Waals surface area contributed by atoms with Gasteiger partial charge in [0.05, 0.1) is 11.6 Å². The number of hydrogen-bond donors (Lipinski definition) is 1. The van der Waals surface area contributed by atoms with Gasteiger partial charge in [0.25, 0.3) is 0 Å². The van der Waals surface area contributed by atoms with E-state index in [2.05, 4.69) is 15.0 Å². The number of nitrogens with zero attached hydrogens (tertiary/aromatic N) is 5. The number of aromatic nitrogens is 4. The summed E-state index contributed by atoms with van der Waals surface area (Å²) in [5, 5.41) is 7.22. The predicted octanol–water partition coefficient (Wildman–Crippen LogP) is 5.26. The lowest BCUT2D eigenvalue weighted by Crippen LogP contribution is -2.24. The fraction of sp³-hybridized carbons (Fsp3) is 0.261. The van der Waals surface area contributed by atoms with Crippen LogP contribution in [0.3, 0.4) is 0 Å². The van der Waals surface area contributed by atoms with E-state index >= 15 is 0 Å². The molecule has 158 valence electrons. The minimum atomic E-state index is -0.219. The van der Waals surface area contributed by atoms with Crippen LogP contribution in [0, 0.1) is 12.7 Å². The normalized spacial score (nSPS) is 16.7. The Hall–Kier alpha value is -3.26. The summed E-state index contributed by atoms with van der Waals surface area (Å²) in [6, 6.07) is 7.02. The molecule has 1 saturated heterocycles. The zero-order valence-corrected chi connectivity index (χ0v) is 18.2. The summed E-state index contributed by atoms with van der Waals surface area (Å²) in [6.07, 6.45) is 7.86. The predicted molar refractivity (Wildman–Crippen MR) is 124 cm³/mol. The molecule has 1 atom stereocenters. The quantitative estimate of drug-likeness (QED) is 0.474. The molecule has 5 rings (SSSR count). The van der Waals surface area contributed by atoms with Gasteiger partial charge < -0.3 is 10.6 Å². The van der Waals surface area contributed by atoms with Crippen molar-refractivity contribution in [2.24, 2.45) is 0 Å². The highest BCUT2D eigenvalue weighted by molar-refractivity contribution is 7.13. The summed E-state index contributed by atoms with van der Waals surface area (Å²) in [5.41, 5.74) is 10.6. The second-order valence-corrected chi connectivity index (χ2v) is 8.59. The fourth-order valence-corrected chi connectivity index (χ4v) is 5.15. The minimum absolute atomic E-state index is 0.0580. The van der Waals surface area contributed by atoms with Gasteiger partial charge >= 0.3 is 0 Å². The average Bonchev–Trinajstić information content (AvgIpc) is 3.46. The Morgan fingerprint density at radius 1 is 1.26 bits per heavy atom. The lowest BCUT2D eigenvalue weighted by molar-refractivity contribution is 0.617. The van der Waals surface area contributed by atoms with E-state index < -0.39 is 0 Å². The van der Waals surface area contributed by atoms with Crippen molar-refractivity contribution in [3.05, 3.63) is 64.6 Å². The van der Waals surface area contributed by atoms with E-state index in [0.29, 0.717) is 11.5 Å². The Bertz CT molecular complexity index is 1290. The third-order valence-electron chi connectivity index (χ3n) is 5.63. The second kappa shape index (κ2) is 7.77. The van der Waals surface area contributed by atoms with Gasteiger partial charge in [-0.25, -0.2) is 18.9 Å². The third-order valence-corrected chi connectivity index (χ3v) is 6.61. The van der Waals surface area contributed by atoms with Crippen LogP contribution in [0.1, 0.15) is 42.6 Å². The number of halogens is 1. The van der Waals surface area contributed by atoms with E-state index in [9.17, 15) is 4.39 Å². The van der Waals surface area contributed by atoms with Gasteiger partial charge in [-0.3, -0.25) is 0 Å². The van der Waals surface area contributed by atoms with Crippen molar-refractivity contribution < 1.29 is 4.39 Å². The monoisotopic (exact) mass is 434 g/mol. The molecular weight excluding hydrogens is 411 g/mol. The number of fused-ring (bicyclic) bond motifs is 1. The van der Waals surface area contributed by atoms with Crippen molar-refractivity contribution in [2.45, 2.75) is 32.7 Å². The first kappa shape index (κ1) is 19.7. The van der Waals surface area contributed by atoms with Crippen LogP contribution in [-0.2, 0) is 0 Å². The molecule has 1 fully saturated rings. The van der Waals surface area contributed by atoms with E-state index in [1.54, 1.807) is 10.6 Å². The summed E-state index contributed by atoms with van der Waals surface area (Å²) < 4.78 is 15.8. The molecule has 1 aromatic carbocycles. The molecule has 1 aliphatic rings. The number of nitrogen functional groups attached to an aromatic ring is 1. The van der Waals surface area contributed by atoms with Crippen molar-refractivity contribution in [3.63, 3.8) is 0 Å². The molecule has 4 heterocycles. The van der Waals surface area contributed by atoms with Crippen LogP contribution in [0.25, 0.3) is 22.3 Å². The molecule has 0 radical (unpaired) electrons. The van der Waals surface area contributed by atoms with Crippen molar-refractivity contribution in [1.29, 1.82) is 0 Å². The standard InChI is InChI=1S/C23H23FN6S/c1-3-5-15-7-8-16(24)12-17(15)18-6-4-10-29(18)19-9-11-30-22(27-19)20(21(25)28-30)23-26-14(2)13-31-23/h3,5,7-9,11-13,18H,4,6,10H2,1-2H3,(H2,25,28)/b5-3+. The summed E-state index contributed by atoms with van der Waals surface area (Å²) >= 11 is 1.53. The van der Waals surface area contributed by atoms with Crippen LogP contribution in [0.2, 0.25) is 0 Å². The SMILES string of the molecule is C/C=C/c1ccc(F)cc1C1CCCN1c1ccn2nc(N)c(-c3nc(C)cs3)c2n1. The van der Waals surface area contributed by atoms with Gasteiger partial charge in [-0.15, -0.1) is 16.4 Å². The maximum absolute atomic E-state index is 14.1. The maximum Gasteiger partial charge on any atom is 0.169 e. The summed E-state index contributed by atoms with van der Waals surface area (Å²) in [6.45, 7) is 4.78. The Morgan fingerprint density at radius 2 is 2.13 bits per heavy atom. The number of anilines is 2. The summed E-state index contributed by atoms with van der Waals surface area (Å²) in [5.74, 6) is 1.03. The van der Waals surface area contributed by atoms with E-state index in [1.807, 2.05) is 49.7 Å². The molecule has 6 nitrogen and oxygen atoms in total. The first-order chi connectivity index (χ1) is 15.0. The molecule has 3 aromatic heterocycles. The molecule has 0 bridgehead atoms. The Labute approximate surface area is 183 Å². The number of rotatable bonds is 4. The molecule has 0 amide bonds. The first-order valence-electron chi connectivity index (χ1n) is 10.3. The summed E-state index contributed by atoms with van der Waals surface area (Å²) in [7, 11) is 0. The van der Waals surface area contributed by atoms with Gasteiger partial charge in [0.15, 0.2) is 11.5 Å². The van der Waals surface area contributed by atoms with Gasteiger partial charge in [-0.2, -0.15) is 0 Å². The molecule has 1 aliphatic heterocycles. The third kappa shape index (κ3) is 3.46. The van der Waals surface area contributed by atoms with Crippen LogP contribution in [0.15, 0.2) is 41.9 Å². The van der Waals surface area contributed by atoms with Crippen molar-refractivity contribution in [3.8, 4) is 10.6 Å². The summed E-state index contributed by atoms with van der Waals surface area (Å²) in [4.78, 5) is 11.8. The van der Waals surface area contributed by atoms with Crippen molar-refractivity contribution in [2.75, 3.05) is 17.2 Å².